The Morgan fingerprint density at radius 1 is 0.768 bits per heavy atom. The molecule has 0 fully saturated rings. The van der Waals surface area contributed by atoms with Crippen molar-refractivity contribution in [1.29, 1.82) is 0 Å². The molecule has 6 aromatic rings. The van der Waals surface area contributed by atoms with E-state index in [9.17, 15) is 19.2 Å². The van der Waals surface area contributed by atoms with E-state index in [1.807, 2.05) is 86.6 Å². The van der Waals surface area contributed by atoms with Crippen LogP contribution in [0, 0.1) is 13.8 Å². The lowest BCUT2D eigenvalue weighted by atomic mass is 10.1. The number of rotatable bonds is 7. The van der Waals surface area contributed by atoms with Crippen LogP contribution in [0.1, 0.15) is 76.4 Å². The highest BCUT2D eigenvalue weighted by Crippen LogP contribution is 2.31. The molecule has 8 N–H and O–H groups in total. The van der Waals surface area contributed by atoms with Gasteiger partial charge in [-0.15, -0.1) is 45.3 Å². The maximum atomic E-state index is 12.5. The molecule has 2 atom stereocenters. The van der Waals surface area contributed by atoms with E-state index in [4.69, 9.17) is 10.8 Å². The zero-order valence-corrected chi connectivity index (χ0v) is 32.9. The normalized spacial score (nSPS) is 15.7. The third kappa shape index (κ3) is 11.2. The molecule has 18 heteroatoms. The van der Waals surface area contributed by atoms with Crippen LogP contribution in [0.25, 0.3) is 0 Å². The topological polar surface area (TPSA) is 234 Å². The zero-order valence-electron chi connectivity index (χ0n) is 30.5. The van der Waals surface area contributed by atoms with Gasteiger partial charge in [0.2, 0.25) is 17.6 Å². The van der Waals surface area contributed by atoms with Crippen molar-refractivity contribution in [1.82, 2.24) is 35.7 Å². The third-order valence-electron chi connectivity index (χ3n) is 8.57. The lowest BCUT2D eigenvalue weighted by Gasteiger charge is -2.13. The van der Waals surface area contributed by atoms with Gasteiger partial charge in [-0.05, 0) is 62.8 Å². The number of aromatic amines is 2. The van der Waals surface area contributed by atoms with E-state index in [-0.39, 0.29) is 41.9 Å². The molecule has 0 saturated carbocycles. The fourth-order valence-electron chi connectivity index (χ4n) is 5.86. The number of carboxylic acids is 1. The smallest absolute Gasteiger partial charge is 0.375 e. The van der Waals surface area contributed by atoms with E-state index in [1.54, 1.807) is 22.7 Å². The van der Waals surface area contributed by atoms with Crippen LogP contribution < -0.4 is 21.7 Å². The van der Waals surface area contributed by atoms with Crippen LogP contribution >= 0.6 is 35.1 Å². The molecule has 15 nitrogen and oxygen atoms in total. The summed E-state index contributed by atoms with van der Waals surface area (Å²) in [5.41, 5.74) is 9.59. The maximum Gasteiger partial charge on any atom is 0.375 e. The summed E-state index contributed by atoms with van der Waals surface area (Å²) in [6, 6.07) is 22.5. The Kier molecular flexibility index (Phi) is 14.2. The Morgan fingerprint density at radius 2 is 1.25 bits per heavy atom. The van der Waals surface area contributed by atoms with Crippen LogP contribution in [-0.4, -0.2) is 71.2 Å². The van der Waals surface area contributed by atoms with Gasteiger partial charge in [-0.3, -0.25) is 24.6 Å². The highest BCUT2D eigenvalue weighted by molar-refractivity contribution is 7.12. The van der Waals surface area contributed by atoms with Crippen molar-refractivity contribution in [3.63, 3.8) is 0 Å². The standard InChI is InChI=1S/C19H19N5O2S.C10H9N3O2.C9H12N2OS.ClH/c1-11-9-14-15(27-11)8-7-13(18(25)21-14)20-19(26)17-22-16(23-24-17)10-12-5-3-2-4-6-12;14-10(15)9-11-8(12-13-9)6-7-4-2-1-3-5-7;1-5-4-7-8(13-5)3-2-6(10)9(12)11-7;/h2-6,9,13H,7-8,10H2,1H3,(H,20,26)(H,21,25)(H,22,23,24);1-5H,6H2,(H,14,15)(H,11,12,13);4,6H,2-3,10H2,1H3,(H,11,12);1H. The predicted molar refractivity (Wildman–Crippen MR) is 217 cm³/mol. The second-order valence-electron chi connectivity index (χ2n) is 12.9. The number of hydrogen-bond acceptors (Lipinski definition) is 11. The highest BCUT2D eigenvalue weighted by Gasteiger charge is 2.28. The summed E-state index contributed by atoms with van der Waals surface area (Å²) < 4.78 is 0. The highest BCUT2D eigenvalue weighted by atomic mass is 35.5. The SMILES string of the molecule is Cc1cc2c(s1)CCC(N)C(=O)N2.Cc1cc2c(s1)CCC(NC(=O)c1n[nH]c(Cc3ccccc3)n1)C(=O)N2.Cl.O=C(O)c1n[nH]c(Cc2ccccc2)n1. The summed E-state index contributed by atoms with van der Waals surface area (Å²) in [6.07, 6.45) is 4.06. The van der Waals surface area contributed by atoms with Gasteiger partial charge in [0.15, 0.2) is 0 Å². The number of carbonyl (C=O) groups is 4. The van der Waals surface area contributed by atoms with Gasteiger partial charge in [-0.1, -0.05) is 60.7 Å². The molecule has 2 aliphatic rings. The van der Waals surface area contributed by atoms with Crippen molar-refractivity contribution in [3.05, 3.63) is 127 Å². The second kappa shape index (κ2) is 19.2. The summed E-state index contributed by atoms with van der Waals surface area (Å²) in [6.45, 7) is 4.06. The third-order valence-corrected chi connectivity index (χ3v) is 10.8. The molecule has 6 heterocycles. The van der Waals surface area contributed by atoms with Crippen molar-refractivity contribution >= 4 is 70.1 Å². The monoisotopic (exact) mass is 816 g/mol. The fourth-order valence-corrected chi connectivity index (χ4v) is 7.87. The Balaban J connectivity index is 0.000000175. The van der Waals surface area contributed by atoms with Gasteiger partial charge in [0.05, 0.1) is 17.4 Å². The van der Waals surface area contributed by atoms with Crippen LogP contribution in [0.5, 0.6) is 0 Å². The zero-order chi connectivity index (χ0) is 38.9. The number of halogens is 1. The molecule has 292 valence electrons. The number of carbonyl (C=O) groups excluding carboxylic acids is 3. The van der Waals surface area contributed by atoms with E-state index in [0.717, 1.165) is 51.5 Å². The molecule has 2 aliphatic heterocycles. The first kappa shape index (κ1) is 41.4. The van der Waals surface area contributed by atoms with E-state index in [2.05, 4.69) is 46.3 Å². The van der Waals surface area contributed by atoms with Crippen molar-refractivity contribution < 1.29 is 24.3 Å². The number of nitrogens with two attached hydrogens (primary N) is 1. The quantitative estimate of drug-likeness (QED) is 0.111. The molecule has 0 bridgehead atoms. The first-order chi connectivity index (χ1) is 26.5. The molecule has 0 spiro atoms. The molecule has 2 aromatic carbocycles. The molecule has 56 heavy (non-hydrogen) atoms. The molecule has 0 aliphatic carbocycles. The largest absolute Gasteiger partial charge is 0.475 e. The molecular weight excluding hydrogens is 776 g/mol. The molecule has 3 amide bonds. The van der Waals surface area contributed by atoms with Gasteiger partial charge in [-0.2, -0.15) is 0 Å². The number of carboxylic acid groups (broad SMARTS) is 1. The van der Waals surface area contributed by atoms with Gasteiger partial charge >= 0.3 is 5.97 Å². The number of benzene rings is 2. The number of amides is 3. The van der Waals surface area contributed by atoms with E-state index >= 15 is 0 Å². The number of nitrogens with zero attached hydrogens (tertiary/aromatic N) is 4. The van der Waals surface area contributed by atoms with E-state index < -0.39 is 17.9 Å². The van der Waals surface area contributed by atoms with Gasteiger partial charge in [0, 0.05) is 32.4 Å². The van der Waals surface area contributed by atoms with Gasteiger partial charge in [-0.25, -0.2) is 14.8 Å². The van der Waals surface area contributed by atoms with Crippen molar-refractivity contribution in [2.24, 2.45) is 5.73 Å². The Bertz CT molecular complexity index is 2270. The number of nitrogens with one attached hydrogen (secondary N) is 5. The summed E-state index contributed by atoms with van der Waals surface area (Å²) in [4.78, 5) is 59.7. The first-order valence-electron chi connectivity index (χ1n) is 17.5. The number of fused-ring (bicyclic) bond motifs is 2. The molecule has 2 unspecified atom stereocenters. The summed E-state index contributed by atoms with van der Waals surface area (Å²) in [5.74, 6) is -0.827. The number of thiophene rings is 2. The van der Waals surface area contributed by atoms with Crippen LogP contribution in [0.2, 0.25) is 0 Å². The second-order valence-corrected chi connectivity index (χ2v) is 15.6. The minimum absolute atomic E-state index is 0. The predicted octanol–water partition coefficient (Wildman–Crippen LogP) is 5.23. The maximum absolute atomic E-state index is 12.5. The van der Waals surface area contributed by atoms with Gasteiger partial charge in [0.1, 0.15) is 17.7 Å². The molecular formula is C38H41ClN10O5S2. The Hall–Kier alpha value is -5.75. The number of aryl methyl sites for hydroxylation is 4. The van der Waals surface area contributed by atoms with Gasteiger partial charge < -0.3 is 26.8 Å². The number of anilines is 2. The molecule has 8 rings (SSSR count). The molecule has 4 aromatic heterocycles. The van der Waals surface area contributed by atoms with Crippen molar-refractivity contribution in [2.75, 3.05) is 10.6 Å². The summed E-state index contributed by atoms with van der Waals surface area (Å²) in [7, 11) is 0. The van der Waals surface area contributed by atoms with Crippen molar-refractivity contribution in [2.45, 2.75) is 64.5 Å². The van der Waals surface area contributed by atoms with Crippen LogP contribution in [0.3, 0.4) is 0 Å². The minimum atomic E-state index is -1.12. The fraction of sp³-hybridized carbons (Fsp3) is 0.263. The molecule has 0 radical (unpaired) electrons. The van der Waals surface area contributed by atoms with E-state index in [1.165, 1.54) is 9.75 Å². The summed E-state index contributed by atoms with van der Waals surface area (Å²) >= 11 is 3.41. The van der Waals surface area contributed by atoms with Gasteiger partial charge in [0.25, 0.3) is 11.7 Å². The summed E-state index contributed by atoms with van der Waals surface area (Å²) in [5, 5.41) is 30.1. The van der Waals surface area contributed by atoms with Crippen LogP contribution in [0.15, 0.2) is 72.8 Å². The lowest BCUT2D eigenvalue weighted by Crippen LogP contribution is -2.43. The number of aromatic nitrogens is 6. The average molecular weight is 817 g/mol. The molecule has 0 saturated heterocycles. The van der Waals surface area contributed by atoms with E-state index in [0.29, 0.717) is 30.9 Å². The first-order valence-corrected chi connectivity index (χ1v) is 19.1. The Morgan fingerprint density at radius 3 is 1.77 bits per heavy atom. The number of H-pyrrole nitrogens is 2. The Labute approximate surface area is 336 Å². The lowest BCUT2D eigenvalue weighted by molar-refractivity contribution is -0.118. The number of aromatic carboxylic acids is 1. The van der Waals surface area contributed by atoms with Crippen molar-refractivity contribution in [3.8, 4) is 0 Å². The number of hydrogen-bond donors (Lipinski definition) is 7. The van der Waals surface area contributed by atoms with Crippen LogP contribution in [-0.2, 0) is 35.3 Å². The van der Waals surface area contributed by atoms with Crippen LogP contribution in [0.4, 0.5) is 11.4 Å². The minimum Gasteiger partial charge on any atom is -0.475 e. The average Bonchev–Trinajstić information content (AvgIpc) is 3.95.